The van der Waals surface area contributed by atoms with Crippen LogP contribution in [0.1, 0.15) is 17.7 Å². The minimum absolute atomic E-state index is 0.777. The third kappa shape index (κ3) is 2.66. The van der Waals surface area contributed by atoms with E-state index in [4.69, 9.17) is 4.74 Å². The second-order valence-electron chi connectivity index (χ2n) is 6.52. The lowest BCUT2D eigenvalue weighted by Crippen LogP contribution is -2.49. The van der Waals surface area contributed by atoms with Crippen LogP contribution in [-0.4, -0.2) is 46.2 Å². The number of aromatic nitrogens is 3. The molecule has 5 nitrogen and oxygen atoms in total. The summed E-state index contributed by atoms with van der Waals surface area (Å²) in [5.74, 6) is 1.59. The maximum Gasteiger partial charge on any atom is 0.0971 e. The number of rotatable bonds is 4. The van der Waals surface area contributed by atoms with Gasteiger partial charge in [0.1, 0.15) is 0 Å². The van der Waals surface area contributed by atoms with Crippen LogP contribution in [0, 0.1) is 18.8 Å². The van der Waals surface area contributed by atoms with Gasteiger partial charge < -0.3 is 4.74 Å². The van der Waals surface area contributed by atoms with E-state index in [1.807, 2.05) is 23.0 Å². The van der Waals surface area contributed by atoms with Gasteiger partial charge in [-0.15, -0.1) is 5.10 Å². The number of benzene rings is 1. The number of aryl methyl sites for hydroxylation is 1. The Bertz CT molecular complexity index is 642. The van der Waals surface area contributed by atoms with Crippen molar-refractivity contribution in [3.63, 3.8) is 0 Å². The normalized spacial score (nSPS) is 22.9. The minimum atomic E-state index is 0.777. The van der Waals surface area contributed by atoms with E-state index in [0.29, 0.717) is 0 Å². The van der Waals surface area contributed by atoms with Gasteiger partial charge in [0, 0.05) is 32.8 Å². The highest BCUT2D eigenvalue weighted by Gasteiger charge is 2.35. The molecule has 1 atom stereocenters. The third-order valence-corrected chi connectivity index (χ3v) is 4.91. The van der Waals surface area contributed by atoms with Gasteiger partial charge in [0.05, 0.1) is 17.6 Å². The third-order valence-electron chi connectivity index (χ3n) is 4.91. The van der Waals surface area contributed by atoms with Crippen molar-refractivity contribution in [3.05, 3.63) is 41.7 Å². The molecule has 2 aliphatic rings. The standard InChI is InChI=1S/C17H22N4O/c1-13-4-2-3-5-17(13)21-11-16(18-19-21)10-20-8-15(9-20)14-6-7-22-12-14/h2-5,11,14-15H,6-10,12H2,1H3. The SMILES string of the molecule is Cc1ccccc1-n1cc(CN2CC(C3CCOC3)C2)nn1. The number of para-hydroxylation sites is 1. The zero-order valence-corrected chi connectivity index (χ0v) is 13.0. The highest BCUT2D eigenvalue weighted by Crippen LogP contribution is 2.30. The average Bonchev–Trinajstić information content (AvgIpc) is 3.14. The molecule has 2 fully saturated rings. The number of likely N-dealkylation sites (tertiary alicyclic amines) is 1. The summed E-state index contributed by atoms with van der Waals surface area (Å²) in [6.45, 7) is 7.25. The molecule has 0 saturated carbocycles. The average molecular weight is 298 g/mol. The maximum absolute atomic E-state index is 5.49. The van der Waals surface area contributed by atoms with E-state index in [9.17, 15) is 0 Å². The predicted octanol–water partition coefficient (Wildman–Crippen LogP) is 2.04. The largest absolute Gasteiger partial charge is 0.381 e. The Balaban J connectivity index is 1.36. The lowest BCUT2D eigenvalue weighted by Gasteiger charge is -2.41. The summed E-state index contributed by atoms with van der Waals surface area (Å²) in [4.78, 5) is 2.45. The molecule has 2 aliphatic heterocycles. The van der Waals surface area contributed by atoms with Crippen molar-refractivity contribution >= 4 is 0 Å². The van der Waals surface area contributed by atoms with E-state index in [2.05, 4.69) is 34.3 Å². The van der Waals surface area contributed by atoms with Crippen molar-refractivity contribution in [2.45, 2.75) is 19.9 Å². The van der Waals surface area contributed by atoms with Crippen LogP contribution in [0.15, 0.2) is 30.5 Å². The molecule has 5 heteroatoms. The molecule has 0 aliphatic carbocycles. The van der Waals surface area contributed by atoms with Gasteiger partial charge >= 0.3 is 0 Å². The second kappa shape index (κ2) is 5.82. The molecule has 116 valence electrons. The Hall–Kier alpha value is -1.72. The topological polar surface area (TPSA) is 43.2 Å². The smallest absolute Gasteiger partial charge is 0.0971 e. The van der Waals surface area contributed by atoms with E-state index < -0.39 is 0 Å². The molecule has 0 radical (unpaired) electrons. The van der Waals surface area contributed by atoms with Gasteiger partial charge in [-0.25, -0.2) is 4.68 Å². The fourth-order valence-corrected chi connectivity index (χ4v) is 3.50. The molecular formula is C17H22N4O. The summed E-state index contributed by atoms with van der Waals surface area (Å²) in [5.41, 5.74) is 3.36. The predicted molar refractivity (Wildman–Crippen MR) is 83.8 cm³/mol. The fourth-order valence-electron chi connectivity index (χ4n) is 3.50. The van der Waals surface area contributed by atoms with Crippen molar-refractivity contribution in [2.24, 2.45) is 11.8 Å². The Morgan fingerprint density at radius 2 is 2.09 bits per heavy atom. The Kier molecular flexibility index (Phi) is 3.68. The molecule has 1 aromatic heterocycles. The molecule has 0 amide bonds. The second-order valence-corrected chi connectivity index (χ2v) is 6.52. The molecule has 22 heavy (non-hydrogen) atoms. The first-order valence-electron chi connectivity index (χ1n) is 8.07. The fraction of sp³-hybridized carbons (Fsp3) is 0.529. The quantitative estimate of drug-likeness (QED) is 0.866. The van der Waals surface area contributed by atoms with E-state index in [0.717, 1.165) is 43.0 Å². The molecule has 1 unspecified atom stereocenters. The van der Waals surface area contributed by atoms with Crippen LogP contribution in [0.5, 0.6) is 0 Å². The van der Waals surface area contributed by atoms with Gasteiger partial charge in [-0.2, -0.15) is 0 Å². The van der Waals surface area contributed by atoms with Crippen LogP contribution >= 0.6 is 0 Å². The molecule has 4 rings (SSSR count). The zero-order valence-electron chi connectivity index (χ0n) is 13.0. The zero-order chi connectivity index (χ0) is 14.9. The number of ether oxygens (including phenoxy) is 1. The maximum atomic E-state index is 5.49. The van der Waals surface area contributed by atoms with Crippen LogP contribution in [0.25, 0.3) is 5.69 Å². The van der Waals surface area contributed by atoms with Crippen LogP contribution in [-0.2, 0) is 11.3 Å². The van der Waals surface area contributed by atoms with Gasteiger partial charge in [0.15, 0.2) is 0 Å². The first kappa shape index (κ1) is 13.9. The van der Waals surface area contributed by atoms with Crippen molar-refractivity contribution in [1.82, 2.24) is 19.9 Å². The van der Waals surface area contributed by atoms with E-state index >= 15 is 0 Å². The van der Waals surface area contributed by atoms with Crippen LogP contribution in [0.3, 0.4) is 0 Å². The highest BCUT2D eigenvalue weighted by molar-refractivity contribution is 5.38. The van der Waals surface area contributed by atoms with Crippen LogP contribution < -0.4 is 0 Å². The van der Waals surface area contributed by atoms with Crippen molar-refractivity contribution in [2.75, 3.05) is 26.3 Å². The number of nitrogens with zero attached hydrogens (tertiary/aromatic N) is 4. The monoisotopic (exact) mass is 298 g/mol. The highest BCUT2D eigenvalue weighted by atomic mass is 16.5. The Morgan fingerprint density at radius 1 is 1.23 bits per heavy atom. The van der Waals surface area contributed by atoms with E-state index in [-0.39, 0.29) is 0 Å². The molecule has 0 N–H and O–H groups in total. The Morgan fingerprint density at radius 3 is 2.86 bits per heavy atom. The summed E-state index contributed by atoms with van der Waals surface area (Å²) < 4.78 is 7.37. The van der Waals surface area contributed by atoms with E-state index in [1.165, 1.54) is 25.1 Å². The first-order chi connectivity index (χ1) is 10.8. The van der Waals surface area contributed by atoms with Crippen LogP contribution in [0.2, 0.25) is 0 Å². The summed E-state index contributed by atoms with van der Waals surface area (Å²) in [6, 6.07) is 8.25. The summed E-state index contributed by atoms with van der Waals surface area (Å²) in [7, 11) is 0. The van der Waals surface area contributed by atoms with Crippen molar-refractivity contribution < 1.29 is 4.74 Å². The lowest BCUT2D eigenvalue weighted by atomic mass is 9.85. The van der Waals surface area contributed by atoms with Gasteiger partial charge in [-0.1, -0.05) is 23.4 Å². The summed E-state index contributed by atoms with van der Waals surface area (Å²) in [5, 5.41) is 8.60. The van der Waals surface area contributed by atoms with Gasteiger partial charge in [0.25, 0.3) is 0 Å². The first-order valence-corrected chi connectivity index (χ1v) is 8.07. The number of hydrogen-bond acceptors (Lipinski definition) is 4. The summed E-state index contributed by atoms with van der Waals surface area (Å²) >= 11 is 0. The van der Waals surface area contributed by atoms with Crippen LogP contribution in [0.4, 0.5) is 0 Å². The molecule has 1 aromatic carbocycles. The Labute approximate surface area is 130 Å². The lowest BCUT2D eigenvalue weighted by molar-refractivity contribution is 0.0434. The van der Waals surface area contributed by atoms with Crippen molar-refractivity contribution in [1.29, 1.82) is 0 Å². The molecule has 2 saturated heterocycles. The molecule has 2 aromatic rings. The minimum Gasteiger partial charge on any atom is -0.381 e. The molecule has 3 heterocycles. The van der Waals surface area contributed by atoms with Gasteiger partial charge in [-0.3, -0.25) is 4.90 Å². The molecule has 0 spiro atoms. The van der Waals surface area contributed by atoms with Gasteiger partial charge in [0.2, 0.25) is 0 Å². The molecular weight excluding hydrogens is 276 g/mol. The number of hydrogen-bond donors (Lipinski definition) is 0. The van der Waals surface area contributed by atoms with E-state index in [1.54, 1.807) is 0 Å². The van der Waals surface area contributed by atoms with Crippen molar-refractivity contribution in [3.8, 4) is 5.69 Å². The summed E-state index contributed by atoms with van der Waals surface area (Å²) in [6.07, 6.45) is 3.29. The molecule has 0 bridgehead atoms. The van der Waals surface area contributed by atoms with Gasteiger partial charge in [-0.05, 0) is 36.8 Å².